The van der Waals surface area contributed by atoms with Crippen LogP contribution in [0.15, 0.2) is 24.3 Å². The number of hydrogen-bond acceptors (Lipinski definition) is 2. The molecular formula is C15H20N2. The number of nitrogens with one attached hydrogen (secondary N) is 1. The molecule has 1 aliphatic carbocycles. The summed E-state index contributed by atoms with van der Waals surface area (Å²) in [4.78, 5) is 0. The van der Waals surface area contributed by atoms with Crippen molar-refractivity contribution in [2.24, 2.45) is 5.92 Å². The molecule has 0 aromatic heterocycles. The fraction of sp³-hybridized carbons (Fsp3) is 0.533. The molecule has 3 atom stereocenters. The highest BCUT2D eigenvalue weighted by Gasteiger charge is 2.37. The molecule has 17 heavy (non-hydrogen) atoms. The fourth-order valence-corrected chi connectivity index (χ4v) is 2.63. The molecule has 0 saturated heterocycles. The van der Waals surface area contributed by atoms with E-state index in [0.717, 1.165) is 12.1 Å². The minimum atomic E-state index is 0.664. The number of nitrogens with zero attached hydrogens (tertiary/aromatic N) is 1. The van der Waals surface area contributed by atoms with Crippen molar-refractivity contribution >= 4 is 0 Å². The molecule has 90 valence electrons. The van der Waals surface area contributed by atoms with Crippen LogP contribution in [0.2, 0.25) is 0 Å². The summed E-state index contributed by atoms with van der Waals surface area (Å²) in [5.74, 6) is 1.37. The Labute approximate surface area is 104 Å². The van der Waals surface area contributed by atoms with E-state index in [9.17, 15) is 0 Å². The summed E-state index contributed by atoms with van der Waals surface area (Å²) in [6.45, 7) is 5.64. The molecule has 0 aliphatic heterocycles. The molecule has 2 rings (SSSR count). The van der Waals surface area contributed by atoms with Crippen molar-refractivity contribution in [1.82, 2.24) is 5.32 Å². The van der Waals surface area contributed by atoms with Gasteiger partial charge < -0.3 is 5.32 Å². The Kier molecular flexibility index (Phi) is 3.81. The predicted molar refractivity (Wildman–Crippen MR) is 69.8 cm³/mol. The standard InChI is InChI=1S/C15H20N2/c1-3-8-17-15-9-14(11(15)2)13-6-4-12(10-16)5-7-13/h4-7,11,14-15,17H,3,8-9H2,1-2H3. The first-order valence-corrected chi connectivity index (χ1v) is 6.49. The lowest BCUT2D eigenvalue weighted by atomic mass is 9.67. The lowest BCUT2D eigenvalue weighted by Crippen LogP contribution is -2.48. The normalized spacial score (nSPS) is 27.2. The van der Waals surface area contributed by atoms with Gasteiger partial charge in [-0.2, -0.15) is 5.26 Å². The van der Waals surface area contributed by atoms with Crippen LogP contribution in [0.3, 0.4) is 0 Å². The third-order valence-electron chi connectivity index (χ3n) is 3.90. The van der Waals surface area contributed by atoms with Crippen molar-refractivity contribution in [3.63, 3.8) is 0 Å². The smallest absolute Gasteiger partial charge is 0.0991 e. The van der Waals surface area contributed by atoms with E-state index in [4.69, 9.17) is 5.26 Å². The van der Waals surface area contributed by atoms with Gasteiger partial charge in [-0.1, -0.05) is 26.0 Å². The number of hydrogen-bond donors (Lipinski definition) is 1. The maximum atomic E-state index is 8.77. The van der Waals surface area contributed by atoms with Crippen LogP contribution in [0, 0.1) is 17.2 Å². The van der Waals surface area contributed by atoms with Crippen LogP contribution in [-0.2, 0) is 0 Å². The molecule has 0 heterocycles. The minimum absolute atomic E-state index is 0.664. The van der Waals surface area contributed by atoms with Gasteiger partial charge in [0.25, 0.3) is 0 Å². The summed E-state index contributed by atoms with van der Waals surface area (Å²) in [7, 11) is 0. The molecule has 0 spiro atoms. The molecule has 3 unspecified atom stereocenters. The summed E-state index contributed by atoms with van der Waals surface area (Å²) in [6, 6.07) is 10.9. The predicted octanol–water partition coefficient (Wildman–Crippen LogP) is 3.05. The van der Waals surface area contributed by atoms with E-state index >= 15 is 0 Å². The van der Waals surface area contributed by atoms with Crippen LogP contribution in [0.4, 0.5) is 0 Å². The molecule has 1 aliphatic rings. The highest BCUT2D eigenvalue weighted by atomic mass is 14.9. The van der Waals surface area contributed by atoms with Gasteiger partial charge in [0.15, 0.2) is 0 Å². The molecule has 1 N–H and O–H groups in total. The molecule has 2 nitrogen and oxygen atoms in total. The molecular weight excluding hydrogens is 208 g/mol. The van der Waals surface area contributed by atoms with Crippen molar-refractivity contribution < 1.29 is 0 Å². The Morgan fingerprint density at radius 1 is 1.35 bits per heavy atom. The lowest BCUT2D eigenvalue weighted by molar-refractivity contribution is 0.185. The van der Waals surface area contributed by atoms with Gasteiger partial charge in [-0.05, 0) is 48.9 Å². The zero-order valence-electron chi connectivity index (χ0n) is 10.6. The lowest BCUT2D eigenvalue weighted by Gasteiger charge is -2.43. The van der Waals surface area contributed by atoms with E-state index in [2.05, 4.69) is 37.4 Å². The van der Waals surface area contributed by atoms with Gasteiger partial charge in [0.2, 0.25) is 0 Å². The first kappa shape index (κ1) is 12.1. The van der Waals surface area contributed by atoms with Crippen LogP contribution in [-0.4, -0.2) is 12.6 Å². The zero-order valence-corrected chi connectivity index (χ0v) is 10.6. The van der Waals surface area contributed by atoms with Gasteiger partial charge in [0.05, 0.1) is 11.6 Å². The first-order chi connectivity index (χ1) is 8.26. The maximum absolute atomic E-state index is 8.77. The van der Waals surface area contributed by atoms with Crippen molar-refractivity contribution in [2.45, 2.75) is 38.6 Å². The molecule has 0 amide bonds. The largest absolute Gasteiger partial charge is 0.314 e. The highest BCUT2D eigenvalue weighted by molar-refractivity contribution is 5.34. The third-order valence-corrected chi connectivity index (χ3v) is 3.90. The average Bonchev–Trinajstić information content (AvgIpc) is 2.38. The third kappa shape index (κ3) is 2.50. The van der Waals surface area contributed by atoms with Crippen LogP contribution >= 0.6 is 0 Å². The Morgan fingerprint density at radius 2 is 2.06 bits per heavy atom. The molecule has 1 saturated carbocycles. The van der Waals surface area contributed by atoms with Crippen molar-refractivity contribution in [1.29, 1.82) is 5.26 Å². The molecule has 1 aromatic carbocycles. The minimum Gasteiger partial charge on any atom is -0.314 e. The fourth-order valence-electron chi connectivity index (χ4n) is 2.63. The number of rotatable bonds is 4. The van der Waals surface area contributed by atoms with Gasteiger partial charge >= 0.3 is 0 Å². The van der Waals surface area contributed by atoms with E-state index in [1.165, 1.54) is 18.4 Å². The molecule has 1 aromatic rings. The van der Waals surface area contributed by atoms with E-state index in [1.807, 2.05) is 12.1 Å². The molecule has 1 fully saturated rings. The Bertz CT molecular complexity index is 402. The second-order valence-corrected chi connectivity index (χ2v) is 5.00. The van der Waals surface area contributed by atoms with E-state index in [-0.39, 0.29) is 0 Å². The summed E-state index contributed by atoms with van der Waals surface area (Å²) < 4.78 is 0. The van der Waals surface area contributed by atoms with Gasteiger partial charge in [0, 0.05) is 6.04 Å². The average molecular weight is 228 g/mol. The zero-order chi connectivity index (χ0) is 12.3. The van der Waals surface area contributed by atoms with E-state index < -0.39 is 0 Å². The second-order valence-electron chi connectivity index (χ2n) is 5.00. The maximum Gasteiger partial charge on any atom is 0.0991 e. The summed E-state index contributed by atoms with van der Waals surface area (Å²) in [5, 5.41) is 12.4. The van der Waals surface area contributed by atoms with Gasteiger partial charge in [0.1, 0.15) is 0 Å². The van der Waals surface area contributed by atoms with E-state index in [1.54, 1.807) is 0 Å². The highest BCUT2D eigenvalue weighted by Crippen LogP contribution is 2.42. The summed E-state index contributed by atoms with van der Waals surface area (Å²) >= 11 is 0. The Hall–Kier alpha value is -1.33. The number of nitriles is 1. The van der Waals surface area contributed by atoms with Crippen LogP contribution in [0.25, 0.3) is 0 Å². The summed E-state index contributed by atoms with van der Waals surface area (Å²) in [6.07, 6.45) is 2.43. The van der Waals surface area contributed by atoms with Crippen molar-refractivity contribution in [2.75, 3.05) is 6.54 Å². The SMILES string of the molecule is CCCNC1CC(c2ccc(C#N)cc2)C1C. The van der Waals surface area contributed by atoms with Crippen LogP contribution < -0.4 is 5.32 Å². The van der Waals surface area contributed by atoms with Crippen LogP contribution in [0.5, 0.6) is 0 Å². The Morgan fingerprint density at radius 3 is 2.59 bits per heavy atom. The van der Waals surface area contributed by atoms with Crippen molar-refractivity contribution in [3.05, 3.63) is 35.4 Å². The van der Waals surface area contributed by atoms with E-state index in [0.29, 0.717) is 17.9 Å². The van der Waals surface area contributed by atoms with Gasteiger partial charge in [-0.3, -0.25) is 0 Å². The molecule has 0 radical (unpaired) electrons. The first-order valence-electron chi connectivity index (χ1n) is 6.49. The summed E-state index contributed by atoms with van der Waals surface area (Å²) in [5.41, 5.74) is 2.13. The second kappa shape index (κ2) is 5.33. The van der Waals surface area contributed by atoms with Crippen molar-refractivity contribution in [3.8, 4) is 6.07 Å². The topological polar surface area (TPSA) is 35.8 Å². The van der Waals surface area contributed by atoms with Gasteiger partial charge in [-0.25, -0.2) is 0 Å². The molecule has 2 heteroatoms. The monoisotopic (exact) mass is 228 g/mol. The Balaban J connectivity index is 1.94. The quantitative estimate of drug-likeness (QED) is 0.859. The number of benzene rings is 1. The van der Waals surface area contributed by atoms with Crippen LogP contribution in [0.1, 0.15) is 43.7 Å². The van der Waals surface area contributed by atoms with Gasteiger partial charge in [-0.15, -0.1) is 0 Å². The molecule has 0 bridgehead atoms.